The zero-order valence-electron chi connectivity index (χ0n) is 10.2. The predicted molar refractivity (Wildman–Crippen MR) is 72.8 cm³/mol. The van der Waals surface area contributed by atoms with Crippen molar-refractivity contribution in [3.8, 4) is 0 Å². The van der Waals surface area contributed by atoms with Crippen molar-refractivity contribution < 1.29 is 0 Å². The Kier molecular flexibility index (Phi) is 2.83. The summed E-state index contributed by atoms with van der Waals surface area (Å²) in [5.41, 5.74) is 8.62. The zero-order valence-corrected chi connectivity index (χ0v) is 10.2. The second-order valence-electron chi connectivity index (χ2n) is 5.04. The number of aromatic nitrogens is 2. The molecular formula is C13H18N4O. The first-order valence-corrected chi connectivity index (χ1v) is 6.46. The van der Waals surface area contributed by atoms with Crippen molar-refractivity contribution in [3.05, 3.63) is 28.7 Å². The highest BCUT2D eigenvalue weighted by Crippen LogP contribution is 2.22. The molecule has 2 atom stereocenters. The number of nitrogens with two attached hydrogens (primary N) is 1. The molecule has 0 saturated heterocycles. The van der Waals surface area contributed by atoms with Crippen LogP contribution in [0.3, 0.4) is 0 Å². The van der Waals surface area contributed by atoms with E-state index in [2.05, 4.69) is 15.3 Å². The summed E-state index contributed by atoms with van der Waals surface area (Å²) in [5.74, 6) is 0. The lowest BCUT2D eigenvalue weighted by molar-refractivity contribution is 0.404. The number of aromatic amines is 2. The minimum absolute atomic E-state index is 0.170. The van der Waals surface area contributed by atoms with Gasteiger partial charge in [-0.1, -0.05) is 12.8 Å². The molecule has 1 aliphatic rings. The molecule has 18 heavy (non-hydrogen) atoms. The minimum atomic E-state index is -0.170. The molecule has 0 bridgehead atoms. The highest BCUT2D eigenvalue weighted by Gasteiger charge is 2.21. The average Bonchev–Trinajstić information content (AvgIpc) is 2.71. The van der Waals surface area contributed by atoms with E-state index in [0.29, 0.717) is 6.04 Å². The van der Waals surface area contributed by atoms with Gasteiger partial charge in [0, 0.05) is 17.8 Å². The van der Waals surface area contributed by atoms with Gasteiger partial charge in [0.15, 0.2) is 0 Å². The molecule has 0 spiro atoms. The number of rotatable bonds is 2. The van der Waals surface area contributed by atoms with Crippen LogP contribution in [0.1, 0.15) is 25.7 Å². The SMILES string of the molecule is NC1CCCCC1Nc1ccc2[nH]c(=O)[nH]c2c1. The summed E-state index contributed by atoms with van der Waals surface area (Å²) >= 11 is 0. The van der Waals surface area contributed by atoms with Gasteiger partial charge in [-0.15, -0.1) is 0 Å². The number of fused-ring (bicyclic) bond motifs is 1. The summed E-state index contributed by atoms with van der Waals surface area (Å²) in [5, 5.41) is 3.47. The molecule has 1 saturated carbocycles. The number of H-pyrrole nitrogens is 2. The Morgan fingerprint density at radius 1 is 1.17 bits per heavy atom. The number of hydrogen-bond acceptors (Lipinski definition) is 3. The van der Waals surface area contributed by atoms with Crippen molar-refractivity contribution in [2.75, 3.05) is 5.32 Å². The minimum Gasteiger partial charge on any atom is -0.381 e. The van der Waals surface area contributed by atoms with E-state index in [9.17, 15) is 4.79 Å². The van der Waals surface area contributed by atoms with Gasteiger partial charge in [-0.25, -0.2) is 4.79 Å². The van der Waals surface area contributed by atoms with Gasteiger partial charge in [0.05, 0.1) is 11.0 Å². The third-order valence-corrected chi connectivity index (χ3v) is 3.69. The van der Waals surface area contributed by atoms with Crippen molar-refractivity contribution >= 4 is 16.7 Å². The molecule has 5 N–H and O–H groups in total. The fraction of sp³-hybridized carbons (Fsp3) is 0.462. The Bertz CT molecular complexity index is 600. The third-order valence-electron chi connectivity index (χ3n) is 3.69. The van der Waals surface area contributed by atoms with Crippen LogP contribution in [0, 0.1) is 0 Å². The topological polar surface area (TPSA) is 86.7 Å². The van der Waals surface area contributed by atoms with Gasteiger partial charge in [-0.2, -0.15) is 0 Å². The molecule has 2 aromatic rings. The first-order chi connectivity index (χ1) is 8.72. The van der Waals surface area contributed by atoms with Crippen molar-refractivity contribution in [3.63, 3.8) is 0 Å². The van der Waals surface area contributed by atoms with Crippen LogP contribution in [0.15, 0.2) is 23.0 Å². The van der Waals surface area contributed by atoms with Crippen LogP contribution >= 0.6 is 0 Å². The first kappa shape index (κ1) is 11.3. The number of nitrogens with one attached hydrogen (secondary N) is 3. The molecule has 5 heteroatoms. The van der Waals surface area contributed by atoms with Crippen LogP contribution in [0.5, 0.6) is 0 Å². The lowest BCUT2D eigenvalue weighted by Crippen LogP contribution is -2.42. The van der Waals surface area contributed by atoms with Crippen LogP contribution in [-0.2, 0) is 0 Å². The molecule has 5 nitrogen and oxygen atoms in total. The average molecular weight is 246 g/mol. The van der Waals surface area contributed by atoms with Crippen LogP contribution < -0.4 is 16.7 Å². The van der Waals surface area contributed by atoms with Crippen molar-refractivity contribution in [1.82, 2.24) is 9.97 Å². The van der Waals surface area contributed by atoms with Crippen LogP contribution in [0.25, 0.3) is 11.0 Å². The maximum Gasteiger partial charge on any atom is 0.323 e. The molecule has 3 rings (SSSR count). The maximum absolute atomic E-state index is 11.2. The molecule has 0 amide bonds. The second kappa shape index (κ2) is 4.49. The normalized spacial score (nSPS) is 24.3. The number of benzene rings is 1. The van der Waals surface area contributed by atoms with Crippen LogP contribution in [-0.4, -0.2) is 22.1 Å². The van der Waals surface area contributed by atoms with Crippen LogP contribution in [0.4, 0.5) is 5.69 Å². The van der Waals surface area contributed by atoms with E-state index >= 15 is 0 Å². The van der Waals surface area contributed by atoms with E-state index < -0.39 is 0 Å². The first-order valence-electron chi connectivity index (χ1n) is 6.46. The summed E-state index contributed by atoms with van der Waals surface area (Å²) in [4.78, 5) is 16.7. The fourth-order valence-electron chi connectivity index (χ4n) is 2.68. The van der Waals surface area contributed by atoms with E-state index in [1.54, 1.807) is 0 Å². The summed E-state index contributed by atoms with van der Waals surface area (Å²) in [6, 6.07) is 6.40. The van der Waals surface area contributed by atoms with Crippen molar-refractivity contribution in [2.45, 2.75) is 37.8 Å². The zero-order chi connectivity index (χ0) is 12.5. The summed E-state index contributed by atoms with van der Waals surface area (Å²) < 4.78 is 0. The van der Waals surface area contributed by atoms with Gasteiger partial charge in [0.1, 0.15) is 0 Å². The van der Waals surface area contributed by atoms with Gasteiger partial charge < -0.3 is 21.0 Å². The van der Waals surface area contributed by atoms with E-state index in [4.69, 9.17) is 5.73 Å². The Hall–Kier alpha value is -1.75. The van der Waals surface area contributed by atoms with E-state index in [1.165, 1.54) is 12.8 Å². The van der Waals surface area contributed by atoms with Gasteiger partial charge >= 0.3 is 5.69 Å². The van der Waals surface area contributed by atoms with Gasteiger partial charge in [-0.3, -0.25) is 0 Å². The molecule has 1 aromatic carbocycles. The predicted octanol–water partition coefficient (Wildman–Crippen LogP) is 1.54. The molecule has 2 unspecified atom stereocenters. The Balaban J connectivity index is 1.83. The quantitative estimate of drug-likeness (QED) is 0.648. The highest BCUT2D eigenvalue weighted by molar-refractivity contribution is 5.78. The van der Waals surface area contributed by atoms with E-state index in [0.717, 1.165) is 29.6 Å². The standard InChI is InChI=1S/C13H18N4O/c14-9-3-1-2-4-10(9)15-8-5-6-11-12(7-8)17-13(18)16-11/h5-7,9-10,15H,1-4,14H2,(H2,16,17,18). The lowest BCUT2D eigenvalue weighted by Gasteiger charge is -2.30. The molecule has 96 valence electrons. The summed E-state index contributed by atoms with van der Waals surface area (Å²) in [6.07, 6.45) is 4.65. The van der Waals surface area contributed by atoms with Crippen molar-refractivity contribution in [1.29, 1.82) is 0 Å². The molecule has 1 fully saturated rings. The summed E-state index contributed by atoms with van der Waals surface area (Å²) in [7, 11) is 0. The van der Waals surface area contributed by atoms with Gasteiger partial charge in [0.2, 0.25) is 0 Å². The monoisotopic (exact) mass is 246 g/mol. The molecule has 1 heterocycles. The lowest BCUT2D eigenvalue weighted by atomic mass is 9.91. The number of imidazole rings is 1. The van der Waals surface area contributed by atoms with E-state index in [1.807, 2.05) is 18.2 Å². The smallest absolute Gasteiger partial charge is 0.323 e. The maximum atomic E-state index is 11.2. The number of hydrogen-bond donors (Lipinski definition) is 4. The molecule has 1 aromatic heterocycles. The molecule has 0 aliphatic heterocycles. The Labute approximate surface area is 105 Å². The van der Waals surface area contributed by atoms with E-state index in [-0.39, 0.29) is 11.7 Å². The molecular weight excluding hydrogens is 228 g/mol. The summed E-state index contributed by atoms with van der Waals surface area (Å²) in [6.45, 7) is 0. The third kappa shape index (κ3) is 2.13. The second-order valence-corrected chi connectivity index (χ2v) is 5.04. The molecule has 1 aliphatic carbocycles. The van der Waals surface area contributed by atoms with Gasteiger partial charge in [0.25, 0.3) is 0 Å². The van der Waals surface area contributed by atoms with Gasteiger partial charge in [-0.05, 0) is 31.0 Å². The van der Waals surface area contributed by atoms with Crippen molar-refractivity contribution in [2.24, 2.45) is 5.73 Å². The Morgan fingerprint density at radius 3 is 2.78 bits per heavy atom. The largest absolute Gasteiger partial charge is 0.381 e. The Morgan fingerprint density at radius 2 is 1.94 bits per heavy atom. The molecule has 0 radical (unpaired) electrons. The van der Waals surface area contributed by atoms with Crippen LogP contribution in [0.2, 0.25) is 0 Å². The fourth-order valence-corrected chi connectivity index (χ4v) is 2.68. The number of anilines is 1. The highest BCUT2D eigenvalue weighted by atomic mass is 16.1.